The molecule has 0 spiro atoms. The Balaban J connectivity index is 1.07. The van der Waals surface area contributed by atoms with Crippen LogP contribution >= 0.6 is 0 Å². The molecular formula is C60H40N2. The number of hydrogen-bond acceptors (Lipinski definition) is 0. The molecule has 0 aliphatic rings. The zero-order valence-electron chi connectivity index (χ0n) is 34.0. The summed E-state index contributed by atoms with van der Waals surface area (Å²) in [5.41, 5.74) is 19.0. The number of para-hydroxylation sites is 3. The van der Waals surface area contributed by atoms with Crippen molar-refractivity contribution >= 4 is 43.6 Å². The normalized spacial score (nSPS) is 11.5. The Bertz CT molecular complexity index is 3610. The summed E-state index contributed by atoms with van der Waals surface area (Å²) < 4.78 is 4.82. The van der Waals surface area contributed by atoms with Gasteiger partial charge >= 0.3 is 0 Å². The number of hydrogen-bond donors (Lipinski definition) is 0. The van der Waals surface area contributed by atoms with Crippen LogP contribution in [0.5, 0.6) is 0 Å². The van der Waals surface area contributed by atoms with Gasteiger partial charge in [0.05, 0.1) is 22.1 Å². The molecule has 0 saturated heterocycles. The minimum atomic E-state index is 1.14. The zero-order valence-corrected chi connectivity index (χ0v) is 34.0. The first-order valence-electron chi connectivity index (χ1n) is 21.3. The van der Waals surface area contributed by atoms with Gasteiger partial charge in [-0.15, -0.1) is 0 Å². The van der Waals surface area contributed by atoms with Gasteiger partial charge < -0.3 is 9.13 Å². The van der Waals surface area contributed by atoms with Crippen molar-refractivity contribution in [2.75, 3.05) is 0 Å². The topological polar surface area (TPSA) is 9.86 Å². The van der Waals surface area contributed by atoms with E-state index in [0.29, 0.717) is 0 Å². The van der Waals surface area contributed by atoms with E-state index in [4.69, 9.17) is 0 Å². The molecule has 0 aliphatic carbocycles. The minimum Gasteiger partial charge on any atom is -0.309 e. The standard InChI is InChI=1S/C60H40N2/c1-4-16-41(17-5-1)43-20-14-21-44(34-43)48-35-49(46-31-33-59-56(39-46)54-27-11-13-29-58(54)61(59)51-23-8-3-9-24-51)37-50(36-48)47-30-32-55-53-26-10-12-28-57(53)62(60(55)40-47)52-25-15-22-45(38-52)42-18-6-2-7-19-42/h1-40H. The fourth-order valence-corrected chi connectivity index (χ4v) is 9.53. The van der Waals surface area contributed by atoms with Gasteiger partial charge in [-0.1, -0.05) is 164 Å². The van der Waals surface area contributed by atoms with Crippen LogP contribution in [0, 0.1) is 0 Å². The van der Waals surface area contributed by atoms with Crippen molar-refractivity contribution < 1.29 is 0 Å². The highest BCUT2D eigenvalue weighted by Gasteiger charge is 2.17. The summed E-state index contributed by atoms with van der Waals surface area (Å²) in [6, 6.07) is 88.6. The van der Waals surface area contributed by atoms with Crippen LogP contribution in [0.1, 0.15) is 0 Å². The van der Waals surface area contributed by atoms with Gasteiger partial charge in [-0.05, 0) is 134 Å². The first-order chi connectivity index (χ1) is 30.7. The van der Waals surface area contributed by atoms with Crippen molar-refractivity contribution in [3.63, 3.8) is 0 Å². The summed E-state index contributed by atoms with van der Waals surface area (Å²) in [7, 11) is 0. The summed E-state index contributed by atoms with van der Waals surface area (Å²) in [6.45, 7) is 0. The maximum absolute atomic E-state index is 2.44. The van der Waals surface area contributed by atoms with E-state index in [1.165, 1.54) is 99.2 Å². The molecule has 0 amide bonds. The van der Waals surface area contributed by atoms with Gasteiger partial charge in [-0.2, -0.15) is 0 Å². The Kier molecular flexibility index (Phi) is 8.53. The van der Waals surface area contributed by atoms with Crippen molar-refractivity contribution in [3.05, 3.63) is 243 Å². The highest BCUT2D eigenvalue weighted by molar-refractivity contribution is 6.12. The summed E-state index contributed by atoms with van der Waals surface area (Å²) in [6.07, 6.45) is 0. The van der Waals surface area contributed by atoms with E-state index >= 15 is 0 Å². The van der Waals surface area contributed by atoms with Crippen molar-refractivity contribution in [1.29, 1.82) is 0 Å². The predicted molar refractivity (Wildman–Crippen MR) is 262 cm³/mol. The number of benzene rings is 10. The van der Waals surface area contributed by atoms with E-state index < -0.39 is 0 Å². The minimum absolute atomic E-state index is 1.14. The van der Waals surface area contributed by atoms with Crippen LogP contribution in [0.3, 0.4) is 0 Å². The van der Waals surface area contributed by atoms with Crippen LogP contribution in [0.4, 0.5) is 0 Å². The van der Waals surface area contributed by atoms with Gasteiger partial charge in [0.1, 0.15) is 0 Å². The van der Waals surface area contributed by atoms with Crippen LogP contribution in [0.15, 0.2) is 243 Å². The van der Waals surface area contributed by atoms with E-state index in [0.717, 1.165) is 11.4 Å². The average Bonchev–Trinajstić information content (AvgIpc) is 3.87. The number of fused-ring (bicyclic) bond motifs is 6. The Labute approximate surface area is 360 Å². The van der Waals surface area contributed by atoms with Gasteiger partial charge in [0.25, 0.3) is 0 Å². The smallest absolute Gasteiger partial charge is 0.0547 e. The maximum Gasteiger partial charge on any atom is 0.0547 e. The first kappa shape index (κ1) is 35.7. The Morgan fingerprint density at radius 3 is 1.21 bits per heavy atom. The first-order valence-corrected chi connectivity index (χ1v) is 21.3. The van der Waals surface area contributed by atoms with Gasteiger partial charge in [-0.3, -0.25) is 0 Å². The second kappa shape index (κ2) is 14.8. The number of aromatic nitrogens is 2. The van der Waals surface area contributed by atoms with Gasteiger partial charge in [0, 0.05) is 32.9 Å². The molecule has 0 fully saturated rings. The fourth-order valence-electron chi connectivity index (χ4n) is 9.53. The lowest BCUT2D eigenvalue weighted by atomic mass is 9.91. The van der Waals surface area contributed by atoms with Gasteiger partial charge in [0.2, 0.25) is 0 Å². The molecule has 0 radical (unpaired) electrons. The zero-order chi connectivity index (χ0) is 41.0. The molecule has 0 unspecified atom stereocenters. The van der Waals surface area contributed by atoms with Crippen LogP contribution in [0.2, 0.25) is 0 Å². The van der Waals surface area contributed by atoms with E-state index in [1.807, 2.05) is 0 Å². The van der Waals surface area contributed by atoms with E-state index in [9.17, 15) is 0 Å². The Hall–Kier alpha value is -8.20. The Morgan fingerprint density at radius 1 is 0.177 bits per heavy atom. The molecule has 2 heterocycles. The molecule has 0 bridgehead atoms. The molecule has 290 valence electrons. The Morgan fingerprint density at radius 2 is 0.565 bits per heavy atom. The molecule has 2 aromatic heterocycles. The van der Waals surface area contributed by atoms with Gasteiger partial charge in [-0.25, -0.2) is 0 Å². The summed E-state index contributed by atoms with van der Waals surface area (Å²) in [5.74, 6) is 0. The lowest BCUT2D eigenvalue weighted by Gasteiger charge is -2.14. The predicted octanol–water partition coefficient (Wildman–Crippen LogP) is 16.2. The van der Waals surface area contributed by atoms with E-state index in [1.54, 1.807) is 0 Å². The van der Waals surface area contributed by atoms with Crippen molar-refractivity contribution in [2.24, 2.45) is 0 Å². The molecule has 0 N–H and O–H groups in total. The molecule has 12 rings (SSSR count). The molecule has 0 aliphatic heterocycles. The molecule has 12 aromatic rings. The quantitative estimate of drug-likeness (QED) is 0.152. The molecule has 2 heteroatoms. The number of rotatable bonds is 7. The summed E-state index contributed by atoms with van der Waals surface area (Å²) >= 11 is 0. The SMILES string of the molecule is c1ccc(-c2cccc(-c3cc(-c4ccc5c(c4)c4ccccc4n5-c4ccccc4)cc(-c4ccc5c6ccccc6n(-c6cccc(-c7ccccc7)c6)c5c4)c3)c2)cc1. The molecule has 2 nitrogen and oxygen atoms in total. The maximum atomic E-state index is 2.44. The lowest BCUT2D eigenvalue weighted by molar-refractivity contribution is 1.18. The van der Waals surface area contributed by atoms with Crippen molar-refractivity contribution in [3.8, 4) is 67.0 Å². The third-order valence-corrected chi connectivity index (χ3v) is 12.5. The third kappa shape index (κ3) is 6.12. The highest BCUT2D eigenvalue weighted by atomic mass is 15.0. The molecule has 0 saturated carbocycles. The van der Waals surface area contributed by atoms with Crippen LogP contribution < -0.4 is 0 Å². The number of nitrogens with zero attached hydrogens (tertiary/aromatic N) is 2. The highest BCUT2D eigenvalue weighted by Crippen LogP contribution is 2.41. The van der Waals surface area contributed by atoms with E-state index in [2.05, 4.69) is 252 Å². The van der Waals surface area contributed by atoms with Crippen LogP contribution in [-0.4, -0.2) is 9.13 Å². The summed E-state index contributed by atoms with van der Waals surface area (Å²) in [4.78, 5) is 0. The fraction of sp³-hybridized carbons (Fsp3) is 0. The summed E-state index contributed by atoms with van der Waals surface area (Å²) in [5, 5.41) is 4.97. The second-order valence-electron chi connectivity index (χ2n) is 16.2. The second-order valence-corrected chi connectivity index (χ2v) is 16.2. The molecule has 0 atom stereocenters. The average molecular weight is 789 g/mol. The molecule has 10 aromatic carbocycles. The van der Waals surface area contributed by atoms with Crippen molar-refractivity contribution in [1.82, 2.24) is 9.13 Å². The van der Waals surface area contributed by atoms with Crippen LogP contribution in [-0.2, 0) is 0 Å². The van der Waals surface area contributed by atoms with E-state index in [-0.39, 0.29) is 0 Å². The third-order valence-electron chi connectivity index (χ3n) is 12.5. The van der Waals surface area contributed by atoms with Gasteiger partial charge in [0.15, 0.2) is 0 Å². The molecular weight excluding hydrogens is 749 g/mol. The largest absolute Gasteiger partial charge is 0.309 e. The van der Waals surface area contributed by atoms with Crippen molar-refractivity contribution in [2.45, 2.75) is 0 Å². The lowest BCUT2D eigenvalue weighted by Crippen LogP contribution is -1.95. The van der Waals surface area contributed by atoms with Crippen LogP contribution in [0.25, 0.3) is 111 Å². The molecule has 62 heavy (non-hydrogen) atoms. The monoisotopic (exact) mass is 788 g/mol.